The first-order valence-electron chi connectivity index (χ1n) is 7.98. The van der Waals surface area contributed by atoms with Crippen LogP contribution in [0.5, 0.6) is 0 Å². The number of methoxy groups -OCH3 is 1. The Morgan fingerprint density at radius 2 is 2.00 bits per heavy atom. The van der Waals surface area contributed by atoms with E-state index in [1.807, 2.05) is 6.92 Å². The third-order valence-electron chi connectivity index (χ3n) is 3.59. The van der Waals surface area contributed by atoms with Crippen LogP contribution in [-0.2, 0) is 11.2 Å². The molecule has 1 aromatic carbocycles. The van der Waals surface area contributed by atoms with Gasteiger partial charge in [0.2, 0.25) is 0 Å². The maximum atomic E-state index is 13.1. The van der Waals surface area contributed by atoms with Crippen molar-refractivity contribution < 1.29 is 13.9 Å². The van der Waals surface area contributed by atoms with Crippen LogP contribution < -0.4 is 10.6 Å². The fraction of sp³-hybridized carbons (Fsp3) is 0.412. The average molecular weight is 334 g/mol. The van der Waals surface area contributed by atoms with Crippen molar-refractivity contribution in [2.45, 2.75) is 13.3 Å². The molecule has 6 nitrogen and oxygen atoms in total. The molecule has 0 radical (unpaired) electrons. The largest absolute Gasteiger partial charge is 0.383 e. The molecule has 0 aliphatic rings. The van der Waals surface area contributed by atoms with E-state index in [0.717, 1.165) is 17.9 Å². The summed E-state index contributed by atoms with van der Waals surface area (Å²) in [6, 6.07) is 6.04. The monoisotopic (exact) mass is 334 g/mol. The maximum Gasteiger partial charge on any atom is 0.254 e. The van der Waals surface area contributed by atoms with E-state index in [9.17, 15) is 9.18 Å². The minimum Gasteiger partial charge on any atom is -0.383 e. The molecule has 0 spiro atoms. The lowest BCUT2D eigenvalue weighted by molar-refractivity contribution is 0.0952. The van der Waals surface area contributed by atoms with Crippen LogP contribution in [-0.4, -0.2) is 49.0 Å². The molecule has 0 saturated heterocycles. The third kappa shape index (κ3) is 4.62. The zero-order valence-electron chi connectivity index (χ0n) is 14.0. The quantitative estimate of drug-likeness (QED) is 0.683. The smallest absolute Gasteiger partial charge is 0.254 e. The third-order valence-corrected chi connectivity index (χ3v) is 3.59. The number of amides is 1. The molecule has 2 rings (SSSR count). The van der Waals surface area contributed by atoms with Gasteiger partial charge in [-0.2, -0.15) is 5.10 Å². The standard InChI is InChI=1S/C17H23FN4O2/c1-3-16-15(17(23)20-9-8-19-10-11-24-2)12-21-22(16)14-6-4-13(18)5-7-14/h4-7,12,19H,3,8-11H2,1-2H3,(H,20,23). The van der Waals surface area contributed by atoms with Gasteiger partial charge in [-0.05, 0) is 30.7 Å². The molecule has 24 heavy (non-hydrogen) atoms. The molecule has 0 atom stereocenters. The summed E-state index contributed by atoms with van der Waals surface area (Å²) in [6.07, 6.45) is 2.20. The highest BCUT2D eigenvalue weighted by molar-refractivity contribution is 5.95. The van der Waals surface area contributed by atoms with E-state index >= 15 is 0 Å². The van der Waals surface area contributed by atoms with E-state index < -0.39 is 0 Å². The number of aromatic nitrogens is 2. The summed E-state index contributed by atoms with van der Waals surface area (Å²) < 4.78 is 19.7. The van der Waals surface area contributed by atoms with Crippen molar-refractivity contribution in [2.75, 3.05) is 33.4 Å². The van der Waals surface area contributed by atoms with E-state index in [0.29, 0.717) is 31.7 Å². The van der Waals surface area contributed by atoms with Crippen molar-refractivity contribution in [3.63, 3.8) is 0 Å². The number of ether oxygens (including phenoxy) is 1. The number of nitrogens with one attached hydrogen (secondary N) is 2. The number of hydrogen-bond acceptors (Lipinski definition) is 4. The fourth-order valence-corrected chi connectivity index (χ4v) is 2.37. The number of halogens is 1. The molecule has 0 unspecified atom stereocenters. The Labute approximate surface area is 141 Å². The van der Waals surface area contributed by atoms with Crippen LogP contribution in [0.4, 0.5) is 4.39 Å². The Hall–Kier alpha value is -2.25. The van der Waals surface area contributed by atoms with Crippen LogP contribution in [0, 0.1) is 5.82 Å². The van der Waals surface area contributed by atoms with E-state index in [-0.39, 0.29) is 11.7 Å². The van der Waals surface area contributed by atoms with Gasteiger partial charge in [0.1, 0.15) is 5.82 Å². The highest BCUT2D eigenvalue weighted by Crippen LogP contribution is 2.16. The molecule has 0 bridgehead atoms. The normalized spacial score (nSPS) is 10.8. The second kappa shape index (κ2) is 9.14. The van der Waals surface area contributed by atoms with Gasteiger partial charge in [-0.15, -0.1) is 0 Å². The first-order chi connectivity index (χ1) is 11.7. The molecule has 7 heteroatoms. The molecular formula is C17H23FN4O2. The van der Waals surface area contributed by atoms with E-state index in [4.69, 9.17) is 4.74 Å². The van der Waals surface area contributed by atoms with Gasteiger partial charge in [-0.1, -0.05) is 6.92 Å². The summed E-state index contributed by atoms with van der Waals surface area (Å²) in [5.41, 5.74) is 2.07. The summed E-state index contributed by atoms with van der Waals surface area (Å²) in [6.45, 7) is 4.53. The summed E-state index contributed by atoms with van der Waals surface area (Å²) in [4.78, 5) is 12.3. The lowest BCUT2D eigenvalue weighted by atomic mass is 10.2. The predicted octanol–water partition coefficient (Wildman–Crippen LogP) is 1.54. The minimum absolute atomic E-state index is 0.159. The number of rotatable bonds is 9. The van der Waals surface area contributed by atoms with Crippen LogP contribution in [0.2, 0.25) is 0 Å². The van der Waals surface area contributed by atoms with Gasteiger partial charge in [0.15, 0.2) is 0 Å². The number of carbonyl (C=O) groups excluding carboxylic acids is 1. The SMILES string of the molecule is CCc1c(C(=O)NCCNCCOC)cnn1-c1ccc(F)cc1. The van der Waals surface area contributed by atoms with Gasteiger partial charge in [-0.25, -0.2) is 9.07 Å². The van der Waals surface area contributed by atoms with Crippen molar-refractivity contribution in [3.05, 3.63) is 47.5 Å². The average Bonchev–Trinajstić information content (AvgIpc) is 3.02. The van der Waals surface area contributed by atoms with Crippen molar-refractivity contribution in [1.29, 1.82) is 0 Å². The highest BCUT2D eigenvalue weighted by Gasteiger charge is 2.16. The second-order valence-corrected chi connectivity index (χ2v) is 5.25. The zero-order valence-corrected chi connectivity index (χ0v) is 14.0. The Balaban J connectivity index is 2.00. The van der Waals surface area contributed by atoms with Crippen LogP contribution in [0.3, 0.4) is 0 Å². The molecule has 1 heterocycles. The lowest BCUT2D eigenvalue weighted by Crippen LogP contribution is -2.33. The molecular weight excluding hydrogens is 311 g/mol. The van der Waals surface area contributed by atoms with Crippen molar-refractivity contribution in [1.82, 2.24) is 20.4 Å². The van der Waals surface area contributed by atoms with Gasteiger partial charge in [0.05, 0.1) is 29.7 Å². The Kier molecular flexibility index (Phi) is 6.89. The fourth-order valence-electron chi connectivity index (χ4n) is 2.37. The number of benzene rings is 1. The second-order valence-electron chi connectivity index (χ2n) is 5.25. The molecule has 0 saturated carbocycles. The van der Waals surface area contributed by atoms with E-state index in [2.05, 4.69) is 15.7 Å². The van der Waals surface area contributed by atoms with Gasteiger partial charge >= 0.3 is 0 Å². The van der Waals surface area contributed by atoms with Crippen LogP contribution in [0.15, 0.2) is 30.5 Å². The predicted molar refractivity (Wildman–Crippen MR) is 90.0 cm³/mol. The first-order valence-corrected chi connectivity index (χ1v) is 7.98. The van der Waals surface area contributed by atoms with Crippen molar-refractivity contribution in [2.24, 2.45) is 0 Å². The summed E-state index contributed by atoms with van der Waals surface area (Å²) in [5, 5.41) is 10.3. The van der Waals surface area contributed by atoms with E-state index in [1.54, 1.807) is 30.1 Å². The Bertz CT molecular complexity index is 655. The molecule has 0 fully saturated rings. The number of hydrogen-bond donors (Lipinski definition) is 2. The number of nitrogens with zero attached hydrogens (tertiary/aromatic N) is 2. The highest BCUT2D eigenvalue weighted by atomic mass is 19.1. The molecule has 2 N–H and O–H groups in total. The van der Waals surface area contributed by atoms with Crippen LogP contribution >= 0.6 is 0 Å². The molecule has 0 aliphatic heterocycles. The van der Waals surface area contributed by atoms with Gasteiger partial charge in [-0.3, -0.25) is 4.79 Å². The molecule has 1 amide bonds. The van der Waals surface area contributed by atoms with Gasteiger partial charge < -0.3 is 15.4 Å². The van der Waals surface area contributed by atoms with Gasteiger partial charge in [0.25, 0.3) is 5.91 Å². The maximum absolute atomic E-state index is 13.1. The van der Waals surface area contributed by atoms with Crippen molar-refractivity contribution in [3.8, 4) is 5.69 Å². The summed E-state index contributed by atoms with van der Waals surface area (Å²) in [7, 11) is 1.65. The summed E-state index contributed by atoms with van der Waals surface area (Å²) >= 11 is 0. The Morgan fingerprint density at radius 1 is 1.25 bits per heavy atom. The Morgan fingerprint density at radius 3 is 2.67 bits per heavy atom. The molecule has 0 aliphatic carbocycles. The minimum atomic E-state index is -0.303. The molecule has 1 aromatic heterocycles. The number of carbonyl (C=O) groups is 1. The molecule has 2 aromatic rings. The van der Waals surface area contributed by atoms with Crippen molar-refractivity contribution >= 4 is 5.91 Å². The van der Waals surface area contributed by atoms with E-state index in [1.165, 1.54) is 12.1 Å². The molecule has 130 valence electrons. The van der Waals surface area contributed by atoms with Crippen LogP contribution in [0.1, 0.15) is 23.0 Å². The lowest BCUT2D eigenvalue weighted by Gasteiger charge is -2.09. The van der Waals surface area contributed by atoms with Gasteiger partial charge in [0, 0.05) is 26.7 Å². The van der Waals surface area contributed by atoms with Crippen LogP contribution in [0.25, 0.3) is 5.69 Å². The zero-order chi connectivity index (χ0) is 17.4. The topological polar surface area (TPSA) is 68.2 Å². The summed E-state index contributed by atoms with van der Waals surface area (Å²) in [5.74, 6) is -0.461. The first kappa shape index (κ1) is 18.1.